The Labute approximate surface area is 167 Å². The second-order valence-corrected chi connectivity index (χ2v) is 8.47. The van der Waals surface area contributed by atoms with Crippen LogP contribution in [0, 0.1) is 23.5 Å². The maximum atomic E-state index is 13.4. The zero-order valence-electron chi connectivity index (χ0n) is 14.6. The summed E-state index contributed by atoms with van der Waals surface area (Å²) in [6.07, 6.45) is 6.94. The topological polar surface area (TPSA) is 24.1 Å². The quantitative estimate of drug-likeness (QED) is 0.391. The molecule has 0 unspecified atom stereocenters. The molecule has 0 spiro atoms. The van der Waals surface area contributed by atoms with E-state index in [9.17, 15) is 8.78 Å². The fourth-order valence-electron chi connectivity index (χ4n) is 3.82. The molecule has 2 aliphatic rings. The number of nitrogens with one attached hydrogen (secondary N) is 2. The lowest BCUT2D eigenvalue weighted by Crippen LogP contribution is -2.40. The molecular formula is C21H20F2N2S2. The van der Waals surface area contributed by atoms with Gasteiger partial charge in [0.05, 0.1) is 5.69 Å². The predicted octanol–water partition coefficient (Wildman–Crippen LogP) is 5.51. The Kier molecular flexibility index (Phi) is 5.45. The molecule has 0 radical (unpaired) electrons. The van der Waals surface area contributed by atoms with E-state index in [4.69, 9.17) is 12.2 Å². The SMILES string of the molecule is Fc1cc(F)cc(CSc2ccccc2NC(=S)N[C@@H]2C[C@@H]3C=C[C@H]2C3)c1. The van der Waals surface area contributed by atoms with E-state index in [-0.39, 0.29) is 0 Å². The standard InChI is InChI=1S/C21H20F2N2S2/c22-16-8-14(9-17(23)11-16)12-27-20-4-2-1-3-18(20)24-21(26)25-19-10-13-5-6-15(19)7-13/h1-6,8-9,11,13,15,19H,7,10,12H2,(H2,24,25,26)/t13-,15+,19-/m1/s1. The first-order valence-electron chi connectivity index (χ1n) is 8.99. The number of fused-ring (bicyclic) bond motifs is 2. The average Bonchev–Trinajstić information content (AvgIpc) is 3.23. The van der Waals surface area contributed by atoms with Crippen molar-refractivity contribution in [2.75, 3.05) is 5.32 Å². The third kappa shape index (κ3) is 4.50. The first kappa shape index (κ1) is 18.4. The van der Waals surface area contributed by atoms with Crippen LogP contribution in [0.3, 0.4) is 0 Å². The zero-order valence-corrected chi connectivity index (χ0v) is 16.3. The number of halogens is 2. The van der Waals surface area contributed by atoms with Gasteiger partial charge in [0.1, 0.15) is 11.6 Å². The minimum absolute atomic E-state index is 0.398. The molecule has 2 aromatic rings. The van der Waals surface area contributed by atoms with Crippen molar-refractivity contribution in [1.82, 2.24) is 5.32 Å². The second kappa shape index (κ2) is 7.98. The van der Waals surface area contributed by atoms with Crippen molar-refractivity contribution in [1.29, 1.82) is 0 Å². The number of anilines is 1. The summed E-state index contributed by atoms with van der Waals surface area (Å²) < 4.78 is 26.7. The van der Waals surface area contributed by atoms with Crippen molar-refractivity contribution in [3.63, 3.8) is 0 Å². The Hall–Kier alpha value is -1.92. The number of hydrogen-bond donors (Lipinski definition) is 2. The van der Waals surface area contributed by atoms with Gasteiger partial charge >= 0.3 is 0 Å². The fourth-order valence-corrected chi connectivity index (χ4v) is 5.02. The third-order valence-electron chi connectivity index (χ3n) is 5.05. The van der Waals surface area contributed by atoms with Crippen LogP contribution in [0.15, 0.2) is 59.5 Å². The maximum Gasteiger partial charge on any atom is 0.171 e. The van der Waals surface area contributed by atoms with Crippen LogP contribution in [0.25, 0.3) is 0 Å². The van der Waals surface area contributed by atoms with Gasteiger partial charge in [0.15, 0.2) is 5.11 Å². The molecule has 2 N–H and O–H groups in total. The molecule has 0 aromatic heterocycles. The van der Waals surface area contributed by atoms with E-state index in [1.54, 1.807) is 0 Å². The van der Waals surface area contributed by atoms with E-state index < -0.39 is 11.6 Å². The monoisotopic (exact) mass is 402 g/mol. The number of benzene rings is 2. The van der Waals surface area contributed by atoms with Gasteiger partial charge in [-0.1, -0.05) is 24.3 Å². The fraction of sp³-hybridized carbons (Fsp3) is 0.286. The first-order chi connectivity index (χ1) is 13.1. The van der Waals surface area contributed by atoms with E-state index in [0.29, 0.717) is 34.3 Å². The van der Waals surface area contributed by atoms with E-state index in [0.717, 1.165) is 23.1 Å². The van der Waals surface area contributed by atoms with Crippen LogP contribution in [-0.4, -0.2) is 11.2 Å². The molecule has 0 heterocycles. The summed E-state index contributed by atoms with van der Waals surface area (Å²) in [5.74, 6) is 0.627. The Balaban J connectivity index is 1.38. The van der Waals surface area contributed by atoms with Crippen LogP contribution < -0.4 is 10.6 Å². The van der Waals surface area contributed by atoms with Gasteiger partial charge in [-0.2, -0.15) is 0 Å². The highest BCUT2D eigenvalue weighted by molar-refractivity contribution is 7.98. The smallest absolute Gasteiger partial charge is 0.171 e. The molecule has 0 aliphatic heterocycles. The summed E-state index contributed by atoms with van der Waals surface area (Å²) in [6.45, 7) is 0. The summed E-state index contributed by atoms with van der Waals surface area (Å²) in [5, 5.41) is 7.34. The molecule has 2 bridgehead atoms. The number of allylic oxidation sites excluding steroid dienone is 1. The largest absolute Gasteiger partial charge is 0.359 e. The van der Waals surface area contributed by atoms with Crippen LogP contribution in [0.2, 0.25) is 0 Å². The lowest BCUT2D eigenvalue weighted by atomic mass is 10.0. The molecule has 27 heavy (non-hydrogen) atoms. The number of thioether (sulfide) groups is 1. The summed E-state index contributed by atoms with van der Waals surface area (Å²) in [6, 6.07) is 11.8. The van der Waals surface area contributed by atoms with Crippen molar-refractivity contribution >= 4 is 34.8 Å². The van der Waals surface area contributed by atoms with E-state index in [1.165, 1.54) is 30.3 Å². The highest BCUT2D eigenvalue weighted by atomic mass is 32.2. The van der Waals surface area contributed by atoms with Crippen molar-refractivity contribution in [2.45, 2.75) is 29.5 Å². The van der Waals surface area contributed by atoms with Crippen LogP contribution in [0.1, 0.15) is 18.4 Å². The van der Waals surface area contributed by atoms with Gasteiger partial charge in [-0.05, 0) is 66.7 Å². The van der Waals surface area contributed by atoms with Gasteiger partial charge in [0.2, 0.25) is 0 Å². The molecule has 4 rings (SSSR count). The van der Waals surface area contributed by atoms with Crippen LogP contribution in [-0.2, 0) is 5.75 Å². The van der Waals surface area contributed by atoms with Crippen molar-refractivity contribution < 1.29 is 8.78 Å². The van der Waals surface area contributed by atoms with Gasteiger partial charge in [-0.15, -0.1) is 11.8 Å². The van der Waals surface area contributed by atoms with Gasteiger partial charge in [-0.25, -0.2) is 8.78 Å². The summed E-state index contributed by atoms with van der Waals surface area (Å²) >= 11 is 7.03. The Morgan fingerprint density at radius 2 is 1.85 bits per heavy atom. The summed E-state index contributed by atoms with van der Waals surface area (Å²) in [5.41, 5.74) is 1.51. The molecule has 2 nitrogen and oxygen atoms in total. The highest BCUT2D eigenvalue weighted by Crippen LogP contribution is 2.39. The third-order valence-corrected chi connectivity index (χ3v) is 6.41. The van der Waals surface area contributed by atoms with E-state index in [1.807, 2.05) is 24.3 Å². The number of para-hydroxylation sites is 1. The maximum absolute atomic E-state index is 13.4. The van der Waals surface area contributed by atoms with Gasteiger partial charge in [0.25, 0.3) is 0 Å². The number of rotatable bonds is 5. The Morgan fingerprint density at radius 1 is 1.07 bits per heavy atom. The van der Waals surface area contributed by atoms with Crippen molar-refractivity contribution in [3.8, 4) is 0 Å². The summed E-state index contributed by atoms with van der Waals surface area (Å²) in [4.78, 5) is 0.985. The zero-order chi connectivity index (χ0) is 18.8. The molecule has 1 fully saturated rings. The molecule has 3 atom stereocenters. The minimum atomic E-state index is -0.553. The van der Waals surface area contributed by atoms with Crippen LogP contribution in [0.5, 0.6) is 0 Å². The van der Waals surface area contributed by atoms with Gasteiger partial charge < -0.3 is 10.6 Å². The first-order valence-corrected chi connectivity index (χ1v) is 10.4. The second-order valence-electron chi connectivity index (χ2n) is 7.05. The molecule has 6 heteroatoms. The normalized spacial score (nSPS) is 22.8. The molecule has 140 valence electrons. The average molecular weight is 403 g/mol. The molecule has 2 aromatic carbocycles. The number of hydrogen-bond acceptors (Lipinski definition) is 2. The van der Waals surface area contributed by atoms with Crippen molar-refractivity contribution in [3.05, 3.63) is 71.8 Å². The minimum Gasteiger partial charge on any atom is -0.359 e. The Bertz CT molecular complexity index is 864. The lowest BCUT2D eigenvalue weighted by Gasteiger charge is -2.22. The highest BCUT2D eigenvalue weighted by Gasteiger charge is 2.35. The van der Waals surface area contributed by atoms with E-state index in [2.05, 4.69) is 22.8 Å². The van der Waals surface area contributed by atoms with Gasteiger partial charge in [0, 0.05) is 22.8 Å². The summed E-state index contributed by atoms with van der Waals surface area (Å²) in [7, 11) is 0. The van der Waals surface area contributed by atoms with Crippen molar-refractivity contribution in [2.24, 2.45) is 11.8 Å². The molecule has 2 aliphatic carbocycles. The molecule has 0 saturated heterocycles. The molecule has 1 saturated carbocycles. The number of thiocarbonyl (C=S) groups is 1. The molecule has 0 amide bonds. The Morgan fingerprint density at radius 3 is 2.56 bits per heavy atom. The van der Waals surface area contributed by atoms with Gasteiger partial charge in [-0.3, -0.25) is 0 Å². The van der Waals surface area contributed by atoms with Crippen LogP contribution in [0.4, 0.5) is 14.5 Å². The predicted molar refractivity (Wildman–Crippen MR) is 111 cm³/mol. The molecular weight excluding hydrogens is 382 g/mol. The van der Waals surface area contributed by atoms with E-state index >= 15 is 0 Å². The lowest BCUT2D eigenvalue weighted by molar-refractivity contribution is 0.526. The van der Waals surface area contributed by atoms with Crippen LogP contribution >= 0.6 is 24.0 Å².